The first-order chi connectivity index (χ1) is 8.93. The van der Waals surface area contributed by atoms with Crippen LogP contribution in [0.4, 0.5) is 0 Å². The van der Waals surface area contributed by atoms with Crippen molar-refractivity contribution in [2.24, 2.45) is 5.41 Å². The standard InChI is InChI=1S/C13H14BrNO3S/c1-2-19(17,18)12-11(13(12,7-15)8-16)9-3-5-10(14)6-4-9/h3-6,11-12,16H,2,8H2,1H3/t11-,12+,13-/m1/s1. The van der Waals surface area contributed by atoms with Gasteiger partial charge in [0.2, 0.25) is 0 Å². The number of aliphatic hydroxyl groups is 1. The number of hydrogen-bond donors (Lipinski definition) is 1. The van der Waals surface area contributed by atoms with Crippen molar-refractivity contribution in [2.75, 3.05) is 12.4 Å². The van der Waals surface area contributed by atoms with Crippen LogP contribution in [0.25, 0.3) is 0 Å². The van der Waals surface area contributed by atoms with Gasteiger partial charge in [0.15, 0.2) is 9.84 Å². The van der Waals surface area contributed by atoms with Crippen molar-refractivity contribution in [3.63, 3.8) is 0 Å². The van der Waals surface area contributed by atoms with Crippen LogP contribution in [-0.4, -0.2) is 31.1 Å². The molecule has 3 atom stereocenters. The van der Waals surface area contributed by atoms with Gasteiger partial charge in [-0.2, -0.15) is 5.26 Å². The zero-order valence-electron chi connectivity index (χ0n) is 10.4. The highest BCUT2D eigenvalue weighted by molar-refractivity contribution is 9.10. The van der Waals surface area contributed by atoms with Gasteiger partial charge >= 0.3 is 0 Å². The lowest BCUT2D eigenvalue weighted by Gasteiger charge is -2.03. The van der Waals surface area contributed by atoms with E-state index in [0.717, 1.165) is 10.0 Å². The second kappa shape index (κ2) is 4.89. The highest BCUT2D eigenvalue weighted by atomic mass is 79.9. The fourth-order valence-corrected chi connectivity index (χ4v) is 4.89. The van der Waals surface area contributed by atoms with Gasteiger partial charge in [0.05, 0.1) is 17.9 Å². The topological polar surface area (TPSA) is 78.2 Å². The normalized spacial score (nSPS) is 29.8. The molecule has 0 saturated heterocycles. The molecule has 0 heterocycles. The Balaban J connectivity index is 2.46. The van der Waals surface area contributed by atoms with Crippen molar-refractivity contribution in [1.82, 2.24) is 0 Å². The van der Waals surface area contributed by atoms with E-state index in [-0.39, 0.29) is 5.75 Å². The van der Waals surface area contributed by atoms with Crippen LogP contribution in [0.1, 0.15) is 18.4 Å². The largest absolute Gasteiger partial charge is 0.395 e. The van der Waals surface area contributed by atoms with Gasteiger partial charge in [0, 0.05) is 16.1 Å². The maximum atomic E-state index is 12.1. The summed E-state index contributed by atoms with van der Waals surface area (Å²) in [5.74, 6) is -0.464. The molecule has 0 aliphatic heterocycles. The third-order valence-corrected chi connectivity index (χ3v) is 6.54. The van der Waals surface area contributed by atoms with E-state index in [9.17, 15) is 18.8 Å². The van der Waals surface area contributed by atoms with Gasteiger partial charge in [-0.3, -0.25) is 0 Å². The fourth-order valence-electron chi connectivity index (χ4n) is 2.61. The lowest BCUT2D eigenvalue weighted by molar-refractivity contribution is 0.242. The molecule has 19 heavy (non-hydrogen) atoms. The number of aliphatic hydroxyl groups excluding tert-OH is 1. The van der Waals surface area contributed by atoms with Gasteiger partial charge in [-0.25, -0.2) is 8.42 Å². The third-order valence-electron chi connectivity index (χ3n) is 3.74. The van der Waals surface area contributed by atoms with E-state index in [2.05, 4.69) is 15.9 Å². The van der Waals surface area contributed by atoms with E-state index in [1.165, 1.54) is 0 Å². The van der Waals surface area contributed by atoms with Crippen molar-refractivity contribution in [1.29, 1.82) is 5.26 Å². The molecule has 0 unspecified atom stereocenters. The van der Waals surface area contributed by atoms with E-state index in [0.29, 0.717) is 0 Å². The molecule has 1 N–H and O–H groups in total. The second-order valence-corrected chi connectivity index (χ2v) is 8.04. The molecule has 1 aromatic carbocycles. The molecule has 6 heteroatoms. The molecule has 1 aliphatic rings. The van der Waals surface area contributed by atoms with Crippen LogP contribution >= 0.6 is 15.9 Å². The molecule has 1 aliphatic carbocycles. The maximum Gasteiger partial charge on any atom is 0.155 e. The summed E-state index contributed by atoms with van der Waals surface area (Å²) < 4.78 is 25.0. The van der Waals surface area contributed by atoms with Crippen molar-refractivity contribution in [2.45, 2.75) is 18.1 Å². The minimum absolute atomic E-state index is 0.0197. The van der Waals surface area contributed by atoms with E-state index in [1.54, 1.807) is 19.1 Å². The molecule has 1 aromatic rings. The summed E-state index contributed by atoms with van der Waals surface area (Å²) >= 11 is 3.31. The van der Waals surface area contributed by atoms with Crippen LogP contribution < -0.4 is 0 Å². The predicted molar refractivity (Wildman–Crippen MR) is 75.3 cm³/mol. The first kappa shape index (κ1) is 14.5. The summed E-state index contributed by atoms with van der Waals surface area (Å²) in [5.41, 5.74) is -0.413. The van der Waals surface area contributed by atoms with Crippen LogP contribution in [0.2, 0.25) is 0 Å². The average molecular weight is 344 g/mol. The minimum atomic E-state index is -3.36. The molecule has 4 nitrogen and oxygen atoms in total. The van der Waals surface area contributed by atoms with Gasteiger partial charge in [-0.05, 0) is 17.7 Å². The maximum absolute atomic E-state index is 12.1. The lowest BCUT2D eigenvalue weighted by atomic mass is 10.0. The van der Waals surface area contributed by atoms with Gasteiger partial charge in [0.25, 0.3) is 0 Å². The SMILES string of the molecule is CCS(=O)(=O)[C@H]1[C@@H](c2ccc(Br)cc2)[C@@]1(C#N)CO. The van der Waals surface area contributed by atoms with Gasteiger partial charge in [0.1, 0.15) is 5.41 Å². The Bertz CT molecular complexity index is 620. The lowest BCUT2D eigenvalue weighted by Crippen LogP contribution is -2.19. The Hall–Kier alpha value is -0.900. The monoisotopic (exact) mass is 343 g/mol. The molecule has 1 fully saturated rings. The van der Waals surface area contributed by atoms with Crippen LogP contribution in [0.3, 0.4) is 0 Å². The van der Waals surface area contributed by atoms with Crippen LogP contribution in [-0.2, 0) is 9.84 Å². The Labute approximate surface area is 121 Å². The number of halogens is 1. The van der Waals surface area contributed by atoms with Crippen molar-refractivity contribution in [3.05, 3.63) is 34.3 Å². The highest BCUT2D eigenvalue weighted by Gasteiger charge is 2.71. The molecule has 2 rings (SSSR count). The first-order valence-corrected chi connectivity index (χ1v) is 8.43. The number of nitrogens with zero attached hydrogens (tertiary/aromatic N) is 1. The summed E-state index contributed by atoms with van der Waals surface area (Å²) in [7, 11) is -3.36. The zero-order chi connectivity index (χ0) is 14.3. The van der Waals surface area contributed by atoms with E-state index < -0.39 is 33.0 Å². The average Bonchev–Trinajstić information content (AvgIpc) is 3.10. The summed E-state index contributed by atoms with van der Waals surface area (Å²) in [6.45, 7) is 1.12. The fraction of sp³-hybridized carbons (Fsp3) is 0.462. The molecule has 0 bridgehead atoms. The Morgan fingerprint density at radius 3 is 2.42 bits per heavy atom. The second-order valence-electron chi connectivity index (χ2n) is 4.71. The summed E-state index contributed by atoms with van der Waals surface area (Å²) in [6.07, 6.45) is 0. The Morgan fingerprint density at radius 2 is 2.00 bits per heavy atom. The molecule has 102 valence electrons. The quantitative estimate of drug-likeness (QED) is 0.904. The number of hydrogen-bond acceptors (Lipinski definition) is 4. The summed E-state index contributed by atoms with van der Waals surface area (Å²) in [5, 5.41) is 18.0. The van der Waals surface area contributed by atoms with Crippen molar-refractivity contribution >= 4 is 25.8 Å². The Morgan fingerprint density at radius 1 is 1.42 bits per heavy atom. The summed E-state index contributed by atoms with van der Waals surface area (Å²) in [4.78, 5) is 0. The molecular formula is C13H14BrNO3S. The number of benzene rings is 1. The van der Waals surface area contributed by atoms with Gasteiger partial charge in [-0.1, -0.05) is 35.0 Å². The minimum Gasteiger partial charge on any atom is -0.395 e. The molecule has 0 aromatic heterocycles. The molecule has 0 spiro atoms. The molecule has 1 saturated carbocycles. The smallest absolute Gasteiger partial charge is 0.155 e. The number of sulfone groups is 1. The van der Waals surface area contributed by atoms with Gasteiger partial charge < -0.3 is 5.11 Å². The predicted octanol–water partition coefficient (Wildman–Crippen LogP) is 1.85. The number of rotatable bonds is 4. The molecule has 0 amide bonds. The zero-order valence-corrected chi connectivity index (χ0v) is 12.8. The van der Waals surface area contributed by atoms with Crippen LogP contribution in [0.5, 0.6) is 0 Å². The summed E-state index contributed by atoms with van der Waals surface area (Å²) in [6, 6.07) is 9.22. The molecule has 0 radical (unpaired) electrons. The van der Waals surface area contributed by atoms with Gasteiger partial charge in [-0.15, -0.1) is 0 Å². The molecular weight excluding hydrogens is 330 g/mol. The van der Waals surface area contributed by atoms with E-state index >= 15 is 0 Å². The van der Waals surface area contributed by atoms with E-state index in [1.807, 2.05) is 18.2 Å². The van der Waals surface area contributed by atoms with Crippen molar-refractivity contribution in [3.8, 4) is 6.07 Å². The van der Waals surface area contributed by atoms with Crippen LogP contribution in [0, 0.1) is 16.7 Å². The highest BCUT2D eigenvalue weighted by Crippen LogP contribution is 2.62. The first-order valence-electron chi connectivity index (χ1n) is 5.92. The Kier molecular flexibility index (Phi) is 3.74. The van der Waals surface area contributed by atoms with E-state index in [4.69, 9.17) is 0 Å². The third kappa shape index (κ3) is 2.20. The number of nitriles is 1. The van der Waals surface area contributed by atoms with Crippen LogP contribution in [0.15, 0.2) is 28.7 Å². The van der Waals surface area contributed by atoms with Crippen molar-refractivity contribution < 1.29 is 13.5 Å².